The monoisotopic (exact) mass is 293 g/mol. The van der Waals surface area contributed by atoms with Gasteiger partial charge in [0.15, 0.2) is 5.78 Å². The predicted octanol–water partition coefficient (Wildman–Crippen LogP) is 3.35. The summed E-state index contributed by atoms with van der Waals surface area (Å²) >= 11 is 3.39. The van der Waals surface area contributed by atoms with E-state index in [0.29, 0.717) is 12.3 Å². The number of rotatable bonds is 3. The predicted molar refractivity (Wildman–Crippen MR) is 70.2 cm³/mol. The van der Waals surface area contributed by atoms with Crippen LogP contribution in [0.1, 0.15) is 23.0 Å². The molecule has 0 spiro atoms. The second kappa shape index (κ2) is 4.94. The molecule has 0 aliphatic heterocycles. The highest BCUT2D eigenvalue weighted by atomic mass is 79.9. The summed E-state index contributed by atoms with van der Waals surface area (Å²) in [6.07, 6.45) is 0. The van der Waals surface area contributed by atoms with E-state index < -0.39 is 0 Å². The number of Topliss-reactive ketones (excluding diaryl/α,β-unsaturated/α-hetero) is 1. The van der Waals surface area contributed by atoms with Gasteiger partial charge in [0.05, 0.1) is 12.1 Å². The van der Waals surface area contributed by atoms with Crippen molar-refractivity contribution in [1.29, 1.82) is 0 Å². The van der Waals surface area contributed by atoms with Gasteiger partial charge >= 0.3 is 0 Å². The van der Waals surface area contributed by atoms with Crippen molar-refractivity contribution in [3.8, 4) is 0 Å². The van der Waals surface area contributed by atoms with Gasteiger partial charge in [-0.3, -0.25) is 4.79 Å². The highest BCUT2D eigenvalue weighted by Gasteiger charge is 2.11. The third-order valence-electron chi connectivity index (χ3n) is 2.49. The number of nitrogens with zero attached hydrogens (tertiary/aromatic N) is 1. The average Bonchev–Trinajstić information content (AvgIpc) is 2.28. The van der Waals surface area contributed by atoms with Crippen molar-refractivity contribution in [2.75, 3.05) is 7.11 Å². The highest BCUT2D eigenvalue weighted by Crippen LogP contribution is 2.21. The Morgan fingerprint density at radius 1 is 1.41 bits per heavy atom. The molecule has 0 saturated carbocycles. The van der Waals surface area contributed by atoms with Crippen LogP contribution in [0.15, 0.2) is 28.7 Å². The number of hydrogen-bond acceptors (Lipinski definition) is 3. The normalized spacial score (nSPS) is 10.8. The molecule has 0 amide bonds. The zero-order valence-corrected chi connectivity index (χ0v) is 11.2. The van der Waals surface area contributed by atoms with Gasteiger partial charge in [0.2, 0.25) is 0 Å². The Morgan fingerprint density at radius 3 is 2.82 bits per heavy atom. The lowest BCUT2D eigenvalue weighted by molar-refractivity contribution is 0.100. The number of carbonyl (C=O) groups is 1. The van der Waals surface area contributed by atoms with E-state index in [-0.39, 0.29) is 5.78 Å². The molecule has 0 unspecified atom stereocenters. The van der Waals surface area contributed by atoms with Crippen molar-refractivity contribution < 1.29 is 9.53 Å². The number of methoxy groups -OCH3 is 1. The summed E-state index contributed by atoms with van der Waals surface area (Å²) in [5.41, 5.74) is 2.12. The molecule has 1 heterocycles. The third-order valence-corrected chi connectivity index (χ3v) is 2.99. The van der Waals surface area contributed by atoms with E-state index in [2.05, 4.69) is 20.9 Å². The van der Waals surface area contributed by atoms with Gasteiger partial charge < -0.3 is 4.74 Å². The summed E-state index contributed by atoms with van der Waals surface area (Å²) < 4.78 is 6.04. The van der Waals surface area contributed by atoms with Crippen LogP contribution in [-0.4, -0.2) is 17.9 Å². The largest absolute Gasteiger partial charge is 0.380 e. The maximum absolute atomic E-state index is 11.5. The topological polar surface area (TPSA) is 39.2 Å². The number of aromatic nitrogens is 1. The SMILES string of the molecule is COCc1cc2ccc(Br)cc2nc1C(C)=O. The Morgan fingerprint density at radius 2 is 2.18 bits per heavy atom. The first-order valence-electron chi connectivity index (χ1n) is 5.21. The number of fused-ring (bicyclic) bond motifs is 1. The molecule has 2 aromatic rings. The van der Waals surface area contributed by atoms with E-state index in [0.717, 1.165) is 20.9 Å². The van der Waals surface area contributed by atoms with E-state index in [4.69, 9.17) is 4.74 Å². The van der Waals surface area contributed by atoms with Crippen molar-refractivity contribution in [1.82, 2.24) is 4.98 Å². The molecule has 0 saturated heterocycles. The Labute approximate surface area is 108 Å². The zero-order chi connectivity index (χ0) is 12.4. The molecule has 17 heavy (non-hydrogen) atoms. The first-order chi connectivity index (χ1) is 8.11. The fourth-order valence-electron chi connectivity index (χ4n) is 1.75. The molecule has 0 N–H and O–H groups in total. The molecule has 1 aromatic heterocycles. The number of ketones is 1. The molecule has 2 rings (SSSR count). The van der Waals surface area contributed by atoms with Crippen molar-refractivity contribution >= 4 is 32.6 Å². The van der Waals surface area contributed by atoms with Gasteiger partial charge in [0, 0.05) is 29.5 Å². The van der Waals surface area contributed by atoms with Crippen LogP contribution >= 0.6 is 15.9 Å². The Hall–Kier alpha value is -1.26. The van der Waals surface area contributed by atoms with Crippen LogP contribution in [0.25, 0.3) is 10.9 Å². The number of ether oxygens (including phenoxy) is 1. The van der Waals surface area contributed by atoms with Crippen LogP contribution in [0.2, 0.25) is 0 Å². The van der Waals surface area contributed by atoms with Gasteiger partial charge in [-0.05, 0) is 18.2 Å². The van der Waals surface area contributed by atoms with E-state index >= 15 is 0 Å². The van der Waals surface area contributed by atoms with Gasteiger partial charge in [-0.15, -0.1) is 0 Å². The van der Waals surface area contributed by atoms with Crippen molar-refractivity contribution in [3.05, 3.63) is 40.0 Å². The molecule has 0 fully saturated rings. The van der Waals surface area contributed by atoms with Gasteiger partial charge in [-0.2, -0.15) is 0 Å². The molecule has 0 atom stereocenters. The van der Waals surface area contributed by atoms with E-state index in [1.807, 2.05) is 24.3 Å². The van der Waals surface area contributed by atoms with Gasteiger partial charge in [0.1, 0.15) is 5.69 Å². The molecule has 0 aliphatic rings. The van der Waals surface area contributed by atoms with Crippen LogP contribution in [0.5, 0.6) is 0 Å². The van der Waals surface area contributed by atoms with Gasteiger partial charge in [0.25, 0.3) is 0 Å². The minimum atomic E-state index is -0.0427. The summed E-state index contributed by atoms with van der Waals surface area (Å²) in [6.45, 7) is 1.92. The van der Waals surface area contributed by atoms with Crippen LogP contribution in [0.4, 0.5) is 0 Å². The number of pyridine rings is 1. The lowest BCUT2D eigenvalue weighted by Crippen LogP contribution is -2.04. The number of carbonyl (C=O) groups excluding carboxylic acids is 1. The molecule has 0 aliphatic carbocycles. The first-order valence-corrected chi connectivity index (χ1v) is 6.00. The van der Waals surface area contributed by atoms with Crippen molar-refractivity contribution in [2.45, 2.75) is 13.5 Å². The maximum Gasteiger partial charge on any atom is 0.178 e. The fourth-order valence-corrected chi connectivity index (χ4v) is 2.10. The molecule has 4 heteroatoms. The molecular formula is C13H12BrNO2. The smallest absolute Gasteiger partial charge is 0.178 e. The van der Waals surface area contributed by atoms with Crippen LogP contribution in [-0.2, 0) is 11.3 Å². The standard InChI is InChI=1S/C13H12BrNO2/c1-8(16)13-10(7-17-2)5-9-3-4-11(14)6-12(9)15-13/h3-6H,7H2,1-2H3. The number of hydrogen-bond donors (Lipinski definition) is 0. The minimum Gasteiger partial charge on any atom is -0.380 e. The second-order valence-corrected chi connectivity index (χ2v) is 4.74. The van der Waals surface area contributed by atoms with E-state index in [9.17, 15) is 4.79 Å². The van der Waals surface area contributed by atoms with Crippen LogP contribution in [0, 0.1) is 0 Å². The Balaban J connectivity index is 2.67. The van der Waals surface area contributed by atoms with E-state index in [1.54, 1.807) is 7.11 Å². The highest BCUT2D eigenvalue weighted by molar-refractivity contribution is 9.10. The Bertz CT molecular complexity index is 581. The first kappa shape index (κ1) is 12.2. The second-order valence-electron chi connectivity index (χ2n) is 3.82. The molecule has 88 valence electrons. The molecule has 0 bridgehead atoms. The minimum absolute atomic E-state index is 0.0427. The quantitative estimate of drug-likeness (QED) is 0.815. The van der Waals surface area contributed by atoms with Crippen molar-refractivity contribution in [3.63, 3.8) is 0 Å². The molecular weight excluding hydrogens is 282 g/mol. The average molecular weight is 294 g/mol. The van der Waals surface area contributed by atoms with E-state index in [1.165, 1.54) is 6.92 Å². The summed E-state index contributed by atoms with van der Waals surface area (Å²) in [7, 11) is 1.61. The summed E-state index contributed by atoms with van der Waals surface area (Å²) in [6, 6.07) is 7.77. The van der Waals surface area contributed by atoms with Crippen molar-refractivity contribution in [2.24, 2.45) is 0 Å². The maximum atomic E-state index is 11.5. The summed E-state index contributed by atoms with van der Waals surface area (Å²) in [5.74, 6) is -0.0427. The summed E-state index contributed by atoms with van der Waals surface area (Å²) in [5, 5.41) is 1.00. The molecule has 0 radical (unpaired) electrons. The fraction of sp³-hybridized carbons (Fsp3) is 0.231. The van der Waals surface area contributed by atoms with Crippen LogP contribution < -0.4 is 0 Å². The lowest BCUT2D eigenvalue weighted by atomic mass is 10.1. The number of halogens is 1. The molecule has 3 nitrogen and oxygen atoms in total. The lowest BCUT2D eigenvalue weighted by Gasteiger charge is -2.07. The third kappa shape index (κ3) is 2.53. The number of benzene rings is 1. The molecule has 1 aromatic carbocycles. The summed E-state index contributed by atoms with van der Waals surface area (Å²) in [4.78, 5) is 15.9. The van der Waals surface area contributed by atoms with Crippen LogP contribution in [0.3, 0.4) is 0 Å². The zero-order valence-electron chi connectivity index (χ0n) is 9.66. The van der Waals surface area contributed by atoms with Gasteiger partial charge in [-0.1, -0.05) is 22.0 Å². The Kier molecular flexibility index (Phi) is 3.54. The van der Waals surface area contributed by atoms with Gasteiger partial charge in [-0.25, -0.2) is 4.98 Å².